The van der Waals surface area contributed by atoms with Crippen molar-refractivity contribution in [2.24, 2.45) is 0 Å². The molecule has 106 valence electrons. The summed E-state index contributed by atoms with van der Waals surface area (Å²) in [6.45, 7) is 2.33. The molecule has 0 aliphatic heterocycles. The molecule has 0 bridgehead atoms. The van der Waals surface area contributed by atoms with Crippen molar-refractivity contribution >= 4 is 5.91 Å². The lowest BCUT2D eigenvalue weighted by atomic mass is 10.1. The summed E-state index contributed by atoms with van der Waals surface area (Å²) in [5.41, 5.74) is 3.24. The summed E-state index contributed by atoms with van der Waals surface area (Å²) in [6, 6.07) is 9.51. The fourth-order valence-electron chi connectivity index (χ4n) is 1.88. The minimum Gasteiger partial charge on any atom is -0.472 e. The largest absolute Gasteiger partial charge is 0.472 e. The van der Waals surface area contributed by atoms with Gasteiger partial charge < -0.3 is 14.2 Å². The molecular formula is C16H14N2O3. The molecule has 0 spiro atoms. The van der Waals surface area contributed by atoms with E-state index in [1.165, 1.54) is 18.1 Å². The van der Waals surface area contributed by atoms with Gasteiger partial charge in [0.05, 0.1) is 24.1 Å². The zero-order valence-electron chi connectivity index (χ0n) is 11.5. The lowest BCUT2D eigenvalue weighted by Gasteiger charge is -1.99. The molecule has 3 aromatic rings. The van der Waals surface area contributed by atoms with E-state index in [0.717, 1.165) is 5.56 Å². The fourth-order valence-corrected chi connectivity index (χ4v) is 1.88. The fraction of sp³-hybridized carbons (Fsp3) is 0.125. The van der Waals surface area contributed by atoms with E-state index >= 15 is 0 Å². The molecule has 0 fully saturated rings. The molecule has 0 atom stereocenters. The van der Waals surface area contributed by atoms with Gasteiger partial charge in [0.2, 0.25) is 5.89 Å². The Hall–Kier alpha value is -2.82. The smallest absolute Gasteiger partial charge is 0.254 e. The molecule has 0 aliphatic carbocycles. The second-order valence-corrected chi connectivity index (χ2v) is 4.70. The zero-order chi connectivity index (χ0) is 14.7. The quantitative estimate of drug-likeness (QED) is 0.798. The third kappa shape index (κ3) is 3.02. The number of aryl methyl sites for hydroxylation is 1. The molecule has 1 aromatic carbocycles. The van der Waals surface area contributed by atoms with Crippen molar-refractivity contribution < 1.29 is 13.6 Å². The van der Waals surface area contributed by atoms with Crippen LogP contribution in [0.1, 0.15) is 21.6 Å². The number of furan rings is 1. The Balaban J connectivity index is 1.65. The molecule has 5 nitrogen and oxygen atoms in total. The molecule has 3 rings (SSSR count). The van der Waals surface area contributed by atoms with Crippen LogP contribution in [0.5, 0.6) is 0 Å². The van der Waals surface area contributed by atoms with Crippen molar-refractivity contribution in [1.29, 1.82) is 0 Å². The first-order chi connectivity index (χ1) is 10.2. The molecule has 1 N–H and O–H groups in total. The van der Waals surface area contributed by atoms with Crippen LogP contribution in [0.3, 0.4) is 0 Å². The van der Waals surface area contributed by atoms with E-state index in [4.69, 9.17) is 8.83 Å². The Morgan fingerprint density at radius 1 is 1.19 bits per heavy atom. The third-order valence-electron chi connectivity index (χ3n) is 3.06. The normalized spacial score (nSPS) is 10.5. The number of nitrogens with one attached hydrogen (secondary N) is 1. The molecule has 2 aromatic heterocycles. The van der Waals surface area contributed by atoms with E-state index in [1.807, 2.05) is 31.2 Å². The van der Waals surface area contributed by atoms with Crippen LogP contribution in [-0.4, -0.2) is 10.9 Å². The SMILES string of the molecule is Cc1ccc(-c2nc(CNC(=O)c3ccoc3)co2)cc1. The number of carbonyl (C=O) groups excluding carboxylic acids is 1. The van der Waals surface area contributed by atoms with Gasteiger partial charge in [-0.05, 0) is 25.1 Å². The highest BCUT2D eigenvalue weighted by atomic mass is 16.3. The second-order valence-electron chi connectivity index (χ2n) is 4.70. The van der Waals surface area contributed by atoms with Gasteiger partial charge >= 0.3 is 0 Å². The molecular weight excluding hydrogens is 268 g/mol. The molecule has 1 amide bonds. The molecule has 0 saturated heterocycles. The molecule has 2 heterocycles. The van der Waals surface area contributed by atoms with Crippen LogP contribution in [0.25, 0.3) is 11.5 Å². The highest BCUT2D eigenvalue weighted by Crippen LogP contribution is 2.19. The Bertz CT molecular complexity index is 727. The number of aromatic nitrogens is 1. The lowest BCUT2D eigenvalue weighted by Crippen LogP contribution is -2.22. The predicted molar refractivity (Wildman–Crippen MR) is 76.6 cm³/mol. The maximum Gasteiger partial charge on any atom is 0.254 e. The van der Waals surface area contributed by atoms with E-state index in [2.05, 4.69) is 10.3 Å². The van der Waals surface area contributed by atoms with Crippen molar-refractivity contribution in [3.8, 4) is 11.5 Å². The van der Waals surface area contributed by atoms with Gasteiger partial charge in [-0.25, -0.2) is 4.98 Å². The van der Waals surface area contributed by atoms with Crippen molar-refractivity contribution in [2.75, 3.05) is 0 Å². The number of benzene rings is 1. The summed E-state index contributed by atoms with van der Waals surface area (Å²) >= 11 is 0. The number of carbonyl (C=O) groups is 1. The van der Waals surface area contributed by atoms with Gasteiger partial charge in [0.15, 0.2) is 0 Å². The average molecular weight is 282 g/mol. The van der Waals surface area contributed by atoms with E-state index in [0.29, 0.717) is 23.7 Å². The molecule has 5 heteroatoms. The van der Waals surface area contributed by atoms with E-state index in [9.17, 15) is 4.79 Å². The number of amides is 1. The van der Waals surface area contributed by atoms with Gasteiger partial charge in [0, 0.05) is 5.56 Å². The first-order valence-corrected chi connectivity index (χ1v) is 6.54. The van der Waals surface area contributed by atoms with Gasteiger partial charge in [0.1, 0.15) is 12.5 Å². The van der Waals surface area contributed by atoms with Crippen molar-refractivity contribution in [1.82, 2.24) is 10.3 Å². The van der Waals surface area contributed by atoms with Crippen LogP contribution in [0.15, 0.2) is 58.0 Å². The Morgan fingerprint density at radius 2 is 2.00 bits per heavy atom. The zero-order valence-corrected chi connectivity index (χ0v) is 11.5. The van der Waals surface area contributed by atoms with Crippen molar-refractivity contribution in [2.45, 2.75) is 13.5 Å². The number of nitrogens with zero attached hydrogens (tertiary/aromatic N) is 1. The predicted octanol–water partition coefficient (Wildman–Crippen LogP) is 3.17. The maximum absolute atomic E-state index is 11.8. The Morgan fingerprint density at radius 3 is 2.71 bits per heavy atom. The minimum atomic E-state index is -0.205. The highest BCUT2D eigenvalue weighted by Gasteiger charge is 2.09. The summed E-state index contributed by atoms with van der Waals surface area (Å²) in [5.74, 6) is 0.339. The molecule has 0 aliphatic rings. The summed E-state index contributed by atoms with van der Waals surface area (Å²) in [6.07, 6.45) is 4.40. The van der Waals surface area contributed by atoms with Crippen molar-refractivity contribution in [3.05, 3.63) is 65.9 Å². The summed E-state index contributed by atoms with van der Waals surface area (Å²) in [4.78, 5) is 16.1. The monoisotopic (exact) mass is 282 g/mol. The maximum atomic E-state index is 11.8. The number of hydrogen-bond acceptors (Lipinski definition) is 4. The lowest BCUT2D eigenvalue weighted by molar-refractivity contribution is 0.0950. The second kappa shape index (κ2) is 5.66. The van der Waals surface area contributed by atoms with Gasteiger partial charge in [-0.1, -0.05) is 17.7 Å². The number of oxazole rings is 1. The van der Waals surface area contributed by atoms with Crippen LogP contribution in [0, 0.1) is 6.92 Å². The van der Waals surface area contributed by atoms with Gasteiger partial charge in [-0.2, -0.15) is 0 Å². The van der Waals surface area contributed by atoms with Crippen LogP contribution in [0.4, 0.5) is 0 Å². The van der Waals surface area contributed by atoms with E-state index < -0.39 is 0 Å². The summed E-state index contributed by atoms with van der Waals surface area (Å²) in [7, 11) is 0. The number of rotatable bonds is 4. The Kier molecular flexibility index (Phi) is 3.55. The molecule has 0 radical (unpaired) electrons. The molecule has 0 saturated carbocycles. The van der Waals surface area contributed by atoms with E-state index in [1.54, 1.807) is 12.3 Å². The van der Waals surface area contributed by atoms with Gasteiger partial charge in [-0.3, -0.25) is 4.79 Å². The van der Waals surface area contributed by atoms with Gasteiger partial charge in [-0.15, -0.1) is 0 Å². The van der Waals surface area contributed by atoms with Crippen LogP contribution in [-0.2, 0) is 6.54 Å². The molecule has 0 unspecified atom stereocenters. The van der Waals surface area contributed by atoms with E-state index in [-0.39, 0.29) is 5.91 Å². The third-order valence-corrected chi connectivity index (χ3v) is 3.06. The molecule has 21 heavy (non-hydrogen) atoms. The van der Waals surface area contributed by atoms with Crippen LogP contribution < -0.4 is 5.32 Å². The summed E-state index contributed by atoms with van der Waals surface area (Å²) in [5, 5.41) is 2.75. The Labute approximate surface area is 121 Å². The first kappa shape index (κ1) is 13.2. The van der Waals surface area contributed by atoms with Crippen LogP contribution >= 0.6 is 0 Å². The summed E-state index contributed by atoms with van der Waals surface area (Å²) < 4.78 is 10.3. The highest BCUT2D eigenvalue weighted by molar-refractivity contribution is 5.93. The minimum absolute atomic E-state index is 0.205. The standard InChI is InChI=1S/C16H14N2O3/c1-11-2-4-12(5-3-11)16-18-14(10-21-16)8-17-15(19)13-6-7-20-9-13/h2-7,9-10H,8H2,1H3,(H,17,19). The topological polar surface area (TPSA) is 68.3 Å². The number of hydrogen-bond donors (Lipinski definition) is 1. The van der Waals surface area contributed by atoms with Crippen molar-refractivity contribution in [3.63, 3.8) is 0 Å². The average Bonchev–Trinajstić information content (AvgIpc) is 3.17. The first-order valence-electron chi connectivity index (χ1n) is 6.54. The van der Waals surface area contributed by atoms with Gasteiger partial charge in [0.25, 0.3) is 5.91 Å². The van der Waals surface area contributed by atoms with Crippen LogP contribution in [0.2, 0.25) is 0 Å².